The molecule has 14 heavy (non-hydrogen) atoms. The van der Waals surface area contributed by atoms with E-state index >= 15 is 0 Å². The van der Waals surface area contributed by atoms with Gasteiger partial charge in [0.25, 0.3) is 0 Å². The summed E-state index contributed by atoms with van der Waals surface area (Å²) in [6.07, 6.45) is -5.33. The van der Waals surface area contributed by atoms with Crippen LogP contribution < -0.4 is 0 Å². The summed E-state index contributed by atoms with van der Waals surface area (Å²) in [5.41, 5.74) is 0. The highest BCUT2D eigenvalue weighted by molar-refractivity contribution is 4.88. The van der Waals surface area contributed by atoms with Crippen LogP contribution in [0, 0.1) is 0 Å². The molecule has 1 heterocycles. The van der Waals surface area contributed by atoms with Crippen molar-refractivity contribution in [3.05, 3.63) is 0 Å². The van der Waals surface area contributed by atoms with Gasteiger partial charge in [0.2, 0.25) is 0 Å². The van der Waals surface area contributed by atoms with Crippen molar-refractivity contribution < 1.29 is 29.5 Å². The molecule has 0 saturated carbocycles. The Hall–Kier alpha value is -0.240. The summed E-state index contributed by atoms with van der Waals surface area (Å²) in [6.45, 7) is 0.130. The molecule has 3 N–H and O–H groups in total. The van der Waals surface area contributed by atoms with Gasteiger partial charge in [-0.25, -0.2) is 0 Å². The van der Waals surface area contributed by atoms with Crippen LogP contribution in [0.4, 0.5) is 0 Å². The van der Waals surface area contributed by atoms with Crippen LogP contribution in [0.3, 0.4) is 0 Å². The molecule has 0 aromatic carbocycles. The Morgan fingerprint density at radius 2 is 1.71 bits per heavy atom. The minimum Gasteiger partial charge on any atom is -0.387 e. The quantitative estimate of drug-likeness (QED) is 0.501. The van der Waals surface area contributed by atoms with Gasteiger partial charge in [-0.05, 0) is 0 Å². The first-order chi connectivity index (χ1) is 6.61. The lowest BCUT2D eigenvalue weighted by molar-refractivity contribution is -0.295. The van der Waals surface area contributed by atoms with E-state index in [1.807, 2.05) is 0 Å². The van der Waals surface area contributed by atoms with Crippen LogP contribution in [-0.4, -0.2) is 66.9 Å². The SMILES string of the molecule is COC[C@H]1OC(OC)[C@@H](O)[C@@H](O)[C@H]1O. The van der Waals surface area contributed by atoms with Gasteiger partial charge in [0.15, 0.2) is 6.29 Å². The van der Waals surface area contributed by atoms with Gasteiger partial charge in [-0.2, -0.15) is 0 Å². The van der Waals surface area contributed by atoms with Crippen LogP contribution in [0.2, 0.25) is 0 Å². The minimum atomic E-state index is -1.28. The molecule has 0 spiro atoms. The zero-order chi connectivity index (χ0) is 10.7. The predicted molar refractivity (Wildman–Crippen MR) is 45.6 cm³/mol. The summed E-state index contributed by atoms with van der Waals surface area (Å²) in [5, 5.41) is 28.3. The molecule has 6 heteroatoms. The highest BCUT2D eigenvalue weighted by Crippen LogP contribution is 2.21. The lowest BCUT2D eigenvalue weighted by atomic mass is 9.99. The normalized spacial score (nSPS) is 43.9. The topological polar surface area (TPSA) is 88.4 Å². The lowest BCUT2D eigenvalue weighted by Crippen LogP contribution is -2.59. The largest absolute Gasteiger partial charge is 0.387 e. The summed E-state index contributed by atoms with van der Waals surface area (Å²) >= 11 is 0. The highest BCUT2D eigenvalue weighted by Gasteiger charge is 2.43. The summed E-state index contributed by atoms with van der Waals surface area (Å²) < 4.78 is 14.8. The van der Waals surface area contributed by atoms with E-state index in [1.165, 1.54) is 14.2 Å². The van der Waals surface area contributed by atoms with Gasteiger partial charge < -0.3 is 29.5 Å². The van der Waals surface area contributed by atoms with Crippen LogP contribution in [0.25, 0.3) is 0 Å². The third-order valence-electron chi connectivity index (χ3n) is 2.23. The maximum atomic E-state index is 9.48. The molecule has 1 aliphatic heterocycles. The molecule has 1 saturated heterocycles. The van der Waals surface area contributed by atoms with E-state index in [0.29, 0.717) is 0 Å². The van der Waals surface area contributed by atoms with Gasteiger partial charge in [-0.1, -0.05) is 0 Å². The standard InChI is InChI=1S/C8H16O6/c1-12-3-4-5(9)6(10)7(11)8(13-2)14-4/h4-11H,3H2,1-2H3/t4-,5+,6+,7+,8?/m1/s1. The number of aliphatic hydroxyl groups is 3. The van der Waals surface area contributed by atoms with Crippen molar-refractivity contribution in [1.29, 1.82) is 0 Å². The van der Waals surface area contributed by atoms with Gasteiger partial charge in [0, 0.05) is 14.2 Å². The number of rotatable bonds is 3. The Morgan fingerprint density at radius 1 is 1.07 bits per heavy atom. The second-order valence-corrected chi connectivity index (χ2v) is 3.21. The molecule has 1 unspecified atom stereocenters. The van der Waals surface area contributed by atoms with Gasteiger partial charge in [0.1, 0.15) is 24.4 Å². The molecule has 84 valence electrons. The molecule has 5 atom stereocenters. The van der Waals surface area contributed by atoms with Crippen molar-refractivity contribution in [3.8, 4) is 0 Å². The summed E-state index contributed by atoms with van der Waals surface area (Å²) in [7, 11) is 2.80. The van der Waals surface area contributed by atoms with Crippen molar-refractivity contribution in [2.45, 2.75) is 30.7 Å². The molecule has 0 aromatic rings. The van der Waals surface area contributed by atoms with Gasteiger partial charge >= 0.3 is 0 Å². The van der Waals surface area contributed by atoms with Crippen molar-refractivity contribution in [1.82, 2.24) is 0 Å². The average molecular weight is 208 g/mol. The molecule has 1 rings (SSSR count). The van der Waals surface area contributed by atoms with E-state index in [1.54, 1.807) is 0 Å². The maximum Gasteiger partial charge on any atom is 0.186 e. The monoisotopic (exact) mass is 208 g/mol. The Balaban J connectivity index is 2.63. The van der Waals surface area contributed by atoms with Crippen LogP contribution >= 0.6 is 0 Å². The third kappa shape index (κ3) is 2.22. The Morgan fingerprint density at radius 3 is 2.21 bits per heavy atom. The lowest BCUT2D eigenvalue weighted by Gasteiger charge is -2.39. The smallest absolute Gasteiger partial charge is 0.186 e. The van der Waals surface area contributed by atoms with E-state index in [2.05, 4.69) is 0 Å². The molecular formula is C8H16O6. The average Bonchev–Trinajstić information content (AvgIpc) is 2.19. The fraction of sp³-hybridized carbons (Fsp3) is 1.00. The van der Waals surface area contributed by atoms with Crippen molar-refractivity contribution >= 4 is 0 Å². The summed E-state index contributed by atoms with van der Waals surface area (Å²) in [6, 6.07) is 0. The third-order valence-corrected chi connectivity index (χ3v) is 2.23. The van der Waals surface area contributed by atoms with Crippen LogP contribution in [0.5, 0.6) is 0 Å². The minimum absolute atomic E-state index is 0.130. The van der Waals surface area contributed by atoms with Crippen LogP contribution in [0.15, 0.2) is 0 Å². The Bertz CT molecular complexity index is 171. The number of ether oxygens (including phenoxy) is 3. The molecule has 1 aliphatic rings. The van der Waals surface area contributed by atoms with E-state index in [-0.39, 0.29) is 6.61 Å². The zero-order valence-electron chi connectivity index (χ0n) is 8.16. The molecule has 0 radical (unpaired) electrons. The molecule has 0 amide bonds. The second kappa shape index (κ2) is 5.01. The molecule has 6 nitrogen and oxygen atoms in total. The first kappa shape index (κ1) is 11.8. The molecular weight excluding hydrogens is 192 g/mol. The van der Waals surface area contributed by atoms with Gasteiger partial charge in [-0.3, -0.25) is 0 Å². The maximum absolute atomic E-state index is 9.48. The second-order valence-electron chi connectivity index (χ2n) is 3.21. The van der Waals surface area contributed by atoms with E-state index < -0.39 is 30.7 Å². The molecule has 0 bridgehead atoms. The van der Waals surface area contributed by atoms with Crippen molar-refractivity contribution in [3.63, 3.8) is 0 Å². The number of methoxy groups -OCH3 is 2. The Labute approximate surface area is 82.0 Å². The molecule has 0 aliphatic carbocycles. The first-order valence-electron chi connectivity index (χ1n) is 4.33. The number of aliphatic hydroxyl groups excluding tert-OH is 3. The van der Waals surface area contributed by atoms with Gasteiger partial charge in [-0.15, -0.1) is 0 Å². The fourth-order valence-electron chi connectivity index (χ4n) is 1.41. The highest BCUT2D eigenvalue weighted by atomic mass is 16.7. The van der Waals surface area contributed by atoms with Crippen molar-refractivity contribution in [2.24, 2.45) is 0 Å². The zero-order valence-corrected chi connectivity index (χ0v) is 8.16. The molecule has 1 fully saturated rings. The summed E-state index contributed by atoms with van der Waals surface area (Å²) in [5.74, 6) is 0. The number of hydrogen-bond donors (Lipinski definition) is 3. The van der Waals surface area contributed by atoms with E-state index in [9.17, 15) is 15.3 Å². The van der Waals surface area contributed by atoms with E-state index in [0.717, 1.165) is 0 Å². The summed E-state index contributed by atoms with van der Waals surface area (Å²) in [4.78, 5) is 0. The van der Waals surface area contributed by atoms with Gasteiger partial charge in [0.05, 0.1) is 6.61 Å². The molecule has 0 aromatic heterocycles. The fourth-order valence-corrected chi connectivity index (χ4v) is 1.41. The van der Waals surface area contributed by atoms with Crippen molar-refractivity contribution in [2.75, 3.05) is 20.8 Å². The Kier molecular flexibility index (Phi) is 4.24. The number of hydrogen-bond acceptors (Lipinski definition) is 6. The van der Waals surface area contributed by atoms with Crippen LogP contribution in [-0.2, 0) is 14.2 Å². The van der Waals surface area contributed by atoms with Crippen LogP contribution in [0.1, 0.15) is 0 Å². The first-order valence-corrected chi connectivity index (χ1v) is 4.33. The predicted octanol–water partition coefficient (Wildman–Crippen LogP) is -1.91. The van der Waals surface area contributed by atoms with E-state index in [4.69, 9.17) is 14.2 Å².